The summed E-state index contributed by atoms with van der Waals surface area (Å²) in [7, 11) is 1.46. The summed E-state index contributed by atoms with van der Waals surface area (Å²) in [4.78, 5) is 30.2. The number of imide groups is 1. The van der Waals surface area contributed by atoms with Crippen molar-refractivity contribution in [1.29, 1.82) is 0 Å². The zero-order valence-electron chi connectivity index (χ0n) is 20.7. The van der Waals surface area contributed by atoms with Crippen molar-refractivity contribution < 1.29 is 28.2 Å². The van der Waals surface area contributed by atoms with Crippen LogP contribution in [-0.2, 0) is 11.3 Å². The number of carbonyl (C=O) groups is 2. The number of amides is 3. The molecule has 2 aromatic rings. The summed E-state index contributed by atoms with van der Waals surface area (Å²) < 4.78 is 30.6. The third-order valence-corrected chi connectivity index (χ3v) is 7.62. The van der Waals surface area contributed by atoms with Crippen LogP contribution in [0.25, 0.3) is 0 Å². The summed E-state index contributed by atoms with van der Waals surface area (Å²) in [6.07, 6.45) is 1.67. The first-order valence-electron chi connectivity index (χ1n) is 12.5. The molecule has 36 heavy (non-hydrogen) atoms. The summed E-state index contributed by atoms with van der Waals surface area (Å²) in [6, 6.07) is 11.9. The van der Waals surface area contributed by atoms with E-state index in [4.69, 9.17) is 14.2 Å². The van der Waals surface area contributed by atoms with Crippen LogP contribution in [0, 0.1) is 11.7 Å². The molecular weight excluding hydrogens is 465 g/mol. The maximum atomic E-state index is 13.7. The molecule has 2 fully saturated rings. The van der Waals surface area contributed by atoms with E-state index in [1.807, 2.05) is 31.2 Å². The monoisotopic (exact) mass is 497 g/mol. The number of nitrogens with one attached hydrogen (secondary N) is 1. The predicted molar refractivity (Wildman–Crippen MR) is 131 cm³/mol. The van der Waals surface area contributed by atoms with Crippen molar-refractivity contribution in [2.24, 2.45) is 5.92 Å². The first-order valence-corrected chi connectivity index (χ1v) is 12.5. The van der Waals surface area contributed by atoms with E-state index in [2.05, 4.69) is 10.2 Å². The van der Waals surface area contributed by atoms with Crippen LogP contribution >= 0.6 is 0 Å². The van der Waals surface area contributed by atoms with Crippen LogP contribution in [0.3, 0.4) is 0 Å². The van der Waals surface area contributed by atoms with Crippen LogP contribution in [0.4, 0.5) is 9.18 Å². The molecule has 1 N–H and O–H groups in total. The van der Waals surface area contributed by atoms with Crippen molar-refractivity contribution in [3.05, 3.63) is 53.8 Å². The zero-order valence-corrected chi connectivity index (χ0v) is 20.7. The Balaban J connectivity index is 1.21. The van der Waals surface area contributed by atoms with E-state index in [0.717, 1.165) is 31.5 Å². The van der Waals surface area contributed by atoms with Gasteiger partial charge in [0, 0.05) is 6.54 Å². The number of hydrogen-bond acceptors (Lipinski definition) is 6. The maximum Gasteiger partial charge on any atom is 0.325 e. The number of methoxy groups -OCH3 is 1. The van der Waals surface area contributed by atoms with E-state index >= 15 is 0 Å². The van der Waals surface area contributed by atoms with Gasteiger partial charge in [-0.3, -0.25) is 14.6 Å². The second-order valence-electron chi connectivity index (χ2n) is 9.69. The lowest BCUT2D eigenvalue weighted by atomic mass is 9.75. The van der Waals surface area contributed by atoms with Gasteiger partial charge in [-0.05, 0) is 68.1 Å². The molecule has 2 atom stereocenters. The number of likely N-dealkylation sites (tertiary alicyclic amines) is 1. The van der Waals surface area contributed by atoms with E-state index in [1.54, 1.807) is 12.1 Å². The minimum absolute atomic E-state index is 0.0344. The van der Waals surface area contributed by atoms with Gasteiger partial charge in [0.15, 0.2) is 29.2 Å². The molecule has 2 saturated heterocycles. The number of piperidine rings is 1. The number of para-hydroxylation sites is 2. The Hall–Kier alpha value is -3.33. The van der Waals surface area contributed by atoms with Crippen LogP contribution in [0.15, 0.2) is 42.5 Å². The van der Waals surface area contributed by atoms with Crippen molar-refractivity contribution in [3.63, 3.8) is 0 Å². The molecule has 5 rings (SSSR count). The predicted octanol–water partition coefficient (Wildman–Crippen LogP) is 3.59. The fraction of sp³-hybridized carbons (Fsp3) is 0.481. The third kappa shape index (κ3) is 4.48. The van der Waals surface area contributed by atoms with E-state index in [9.17, 15) is 14.0 Å². The number of hydrogen-bond donors (Lipinski definition) is 1. The first kappa shape index (κ1) is 24.4. The SMILES string of the molecule is CC[C@@]1(C2CCN(Cc3ccc(F)c(OC)c3)CC2)NC(=O)N(C[C@H]2COc3ccccc3O2)C1=O. The number of halogens is 1. The molecule has 0 aliphatic carbocycles. The zero-order chi connectivity index (χ0) is 25.3. The van der Waals surface area contributed by atoms with Gasteiger partial charge in [-0.15, -0.1) is 0 Å². The smallest absolute Gasteiger partial charge is 0.325 e. The molecule has 0 saturated carbocycles. The standard InChI is InChI=1S/C27H32FN3O5/c1-3-27(19-10-12-30(13-11-19)15-18-8-9-21(28)24(14-18)34-2)25(32)31(26(33)29-27)16-20-17-35-22-6-4-5-7-23(22)36-20/h4-9,14,19-20H,3,10-13,15-17H2,1-2H3,(H,29,33)/t20-,27-/m0/s1. The number of nitrogens with zero attached hydrogens (tertiary/aromatic N) is 2. The summed E-state index contributed by atoms with van der Waals surface area (Å²) in [5.41, 5.74) is 0.0694. The van der Waals surface area contributed by atoms with Gasteiger partial charge in [0.05, 0.1) is 13.7 Å². The lowest BCUT2D eigenvalue weighted by Crippen LogP contribution is -2.56. The van der Waals surface area contributed by atoms with Gasteiger partial charge < -0.3 is 19.5 Å². The van der Waals surface area contributed by atoms with E-state index in [1.165, 1.54) is 18.1 Å². The molecule has 0 aromatic heterocycles. The Kier molecular flexibility index (Phi) is 6.75. The molecule has 0 spiro atoms. The fourth-order valence-corrected chi connectivity index (χ4v) is 5.62. The Bertz CT molecular complexity index is 1140. The fourth-order valence-electron chi connectivity index (χ4n) is 5.62. The number of ether oxygens (including phenoxy) is 3. The molecule has 0 bridgehead atoms. The molecule has 3 amide bonds. The summed E-state index contributed by atoms with van der Waals surface area (Å²) in [5, 5.41) is 3.05. The van der Waals surface area contributed by atoms with Gasteiger partial charge in [0.2, 0.25) is 0 Å². The topological polar surface area (TPSA) is 80.3 Å². The summed E-state index contributed by atoms with van der Waals surface area (Å²) in [6.45, 7) is 4.62. The van der Waals surface area contributed by atoms with Crippen LogP contribution in [0.2, 0.25) is 0 Å². The number of fused-ring (bicyclic) bond motifs is 1. The molecule has 2 aromatic carbocycles. The van der Waals surface area contributed by atoms with Crippen molar-refractivity contribution in [2.45, 2.75) is 44.4 Å². The highest BCUT2D eigenvalue weighted by atomic mass is 19.1. The lowest BCUT2D eigenvalue weighted by molar-refractivity contribution is -0.135. The van der Waals surface area contributed by atoms with Crippen LogP contribution in [0.5, 0.6) is 17.2 Å². The normalized spacial score (nSPS) is 24.6. The van der Waals surface area contributed by atoms with Gasteiger partial charge >= 0.3 is 6.03 Å². The van der Waals surface area contributed by atoms with E-state index in [0.29, 0.717) is 24.5 Å². The molecular formula is C27H32FN3O5. The summed E-state index contributed by atoms with van der Waals surface area (Å²) in [5.74, 6) is 1.00. The van der Waals surface area contributed by atoms with Crippen molar-refractivity contribution in [3.8, 4) is 17.2 Å². The van der Waals surface area contributed by atoms with Crippen LogP contribution in [0.1, 0.15) is 31.7 Å². The average molecular weight is 498 g/mol. The Morgan fingerprint density at radius 3 is 2.61 bits per heavy atom. The number of urea groups is 1. The van der Waals surface area contributed by atoms with E-state index in [-0.39, 0.29) is 42.6 Å². The number of carbonyl (C=O) groups excluding carboxylic acids is 2. The Morgan fingerprint density at radius 1 is 1.14 bits per heavy atom. The van der Waals surface area contributed by atoms with Crippen molar-refractivity contribution >= 4 is 11.9 Å². The van der Waals surface area contributed by atoms with Crippen LogP contribution in [-0.4, -0.2) is 66.7 Å². The van der Waals surface area contributed by atoms with Gasteiger partial charge in [0.1, 0.15) is 12.1 Å². The first-order chi connectivity index (χ1) is 17.4. The average Bonchev–Trinajstić information content (AvgIpc) is 3.15. The molecule has 9 heteroatoms. The molecule has 192 valence electrons. The van der Waals surface area contributed by atoms with Crippen LogP contribution < -0.4 is 19.5 Å². The number of rotatable bonds is 7. The van der Waals surface area contributed by atoms with Gasteiger partial charge in [-0.25, -0.2) is 9.18 Å². The largest absolute Gasteiger partial charge is 0.494 e. The Labute approximate surface area is 210 Å². The van der Waals surface area contributed by atoms with Gasteiger partial charge in [0.25, 0.3) is 5.91 Å². The molecule has 8 nitrogen and oxygen atoms in total. The lowest BCUT2D eigenvalue weighted by Gasteiger charge is -2.40. The molecule has 0 radical (unpaired) electrons. The minimum Gasteiger partial charge on any atom is -0.494 e. The second kappa shape index (κ2) is 9.97. The quantitative estimate of drug-likeness (QED) is 0.589. The molecule has 3 aliphatic heterocycles. The van der Waals surface area contributed by atoms with Gasteiger partial charge in [-0.1, -0.05) is 25.1 Å². The second-order valence-corrected chi connectivity index (χ2v) is 9.69. The molecule has 3 heterocycles. The maximum absolute atomic E-state index is 13.7. The third-order valence-electron chi connectivity index (χ3n) is 7.62. The Morgan fingerprint density at radius 2 is 1.89 bits per heavy atom. The highest BCUT2D eigenvalue weighted by Gasteiger charge is 2.55. The highest BCUT2D eigenvalue weighted by molar-refractivity contribution is 6.07. The molecule has 0 unspecified atom stereocenters. The molecule has 3 aliphatic rings. The van der Waals surface area contributed by atoms with Crippen molar-refractivity contribution in [2.75, 3.05) is 33.4 Å². The minimum atomic E-state index is -0.907. The van der Waals surface area contributed by atoms with Crippen molar-refractivity contribution in [1.82, 2.24) is 15.1 Å². The van der Waals surface area contributed by atoms with E-state index < -0.39 is 11.6 Å². The number of benzene rings is 2. The summed E-state index contributed by atoms with van der Waals surface area (Å²) >= 11 is 0. The highest BCUT2D eigenvalue weighted by Crippen LogP contribution is 2.37. The van der Waals surface area contributed by atoms with Gasteiger partial charge in [-0.2, -0.15) is 0 Å².